The third-order valence-corrected chi connectivity index (χ3v) is 5.00. The van der Waals surface area contributed by atoms with Crippen molar-refractivity contribution < 1.29 is 9.18 Å². The highest BCUT2D eigenvalue weighted by Gasteiger charge is 2.20. The van der Waals surface area contributed by atoms with E-state index in [0.717, 1.165) is 11.0 Å². The van der Waals surface area contributed by atoms with Crippen molar-refractivity contribution in [2.24, 2.45) is 0 Å². The van der Waals surface area contributed by atoms with E-state index in [2.05, 4.69) is 20.3 Å². The molecular weight excluding hydrogens is 417 g/mol. The van der Waals surface area contributed by atoms with E-state index >= 15 is 0 Å². The zero-order valence-electron chi connectivity index (χ0n) is 16.0. The van der Waals surface area contributed by atoms with Crippen LogP contribution < -0.4 is 5.32 Å². The summed E-state index contributed by atoms with van der Waals surface area (Å²) in [6.45, 7) is 0. The van der Waals surface area contributed by atoms with Gasteiger partial charge in [-0.05, 0) is 60.7 Å². The largest absolute Gasteiger partial charge is 0.337 e. The lowest BCUT2D eigenvalue weighted by atomic mass is 10.3. The van der Waals surface area contributed by atoms with Crippen molar-refractivity contribution in [2.75, 3.05) is 5.32 Å². The Labute approximate surface area is 181 Å². The number of halogens is 2. The summed E-state index contributed by atoms with van der Waals surface area (Å²) in [6.07, 6.45) is 1.74. The molecule has 0 aliphatic rings. The second-order valence-electron chi connectivity index (χ2n) is 6.86. The molecule has 8 heteroatoms. The molecule has 0 spiro atoms. The molecule has 0 saturated heterocycles. The van der Waals surface area contributed by atoms with Crippen LogP contribution in [0.25, 0.3) is 28.2 Å². The summed E-state index contributed by atoms with van der Waals surface area (Å²) in [5.74, 6) is -0.122. The summed E-state index contributed by atoms with van der Waals surface area (Å²) in [7, 11) is 0. The topological polar surface area (TPSA) is 75.6 Å². The van der Waals surface area contributed by atoms with Crippen LogP contribution in [0.3, 0.4) is 0 Å². The van der Waals surface area contributed by atoms with Crippen molar-refractivity contribution >= 4 is 34.2 Å². The number of nitrogens with one attached hydrogen (secondary N) is 2. The zero-order valence-corrected chi connectivity index (χ0v) is 16.8. The monoisotopic (exact) mass is 431 g/mol. The summed E-state index contributed by atoms with van der Waals surface area (Å²) in [5.41, 5.74) is 3.35. The van der Waals surface area contributed by atoms with E-state index in [0.29, 0.717) is 27.9 Å². The standard InChI is InChI=1S/C23H15ClFN5O/c24-14-5-11-17(12-6-14)30-13-20(21-27-18-3-1-2-4-19(18)28-21)29-22(30)23(31)26-16-9-7-15(25)8-10-16/h1-13H,(H,26,31)(H,27,28). The molecule has 2 N–H and O–H groups in total. The van der Waals surface area contributed by atoms with Gasteiger partial charge in [-0.25, -0.2) is 14.4 Å². The lowest BCUT2D eigenvalue weighted by Crippen LogP contribution is -2.17. The van der Waals surface area contributed by atoms with E-state index in [1.807, 2.05) is 24.3 Å². The molecular formula is C23H15ClFN5O. The minimum absolute atomic E-state index is 0.155. The van der Waals surface area contributed by atoms with Gasteiger partial charge < -0.3 is 10.3 Å². The van der Waals surface area contributed by atoms with Crippen LogP contribution in [0.4, 0.5) is 10.1 Å². The molecule has 31 heavy (non-hydrogen) atoms. The van der Waals surface area contributed by atoms with Crippen molar-refractivity contribution in [2.45, 2.75) is 0 Å². The first-order valence-corrected chi connectivity index (χ1v) is 9.82. The number of H-pyrrole nitrogens is 1. The second kappa shape index (κ2) is 7.70. The van der Waals surface area contributed by atoms with E-state index in [4.69, 9.17) is 11.6 Å². The van der Waals surface area contributed by atoms with Crippen molar-refractivity contribution in [3.8, 4) is 17.2 Å². The van der Waals surface area contributed by atoms with Gasteiger partial charge in [0, 0.05) is 22.6 Å². The number of aromatic nitrogens is 4. The van der Waals surface area contributed by atoms with Crippen molar-refractivity contribution in [3.05, 3.63) is 95.7 Å². The molecule has 5 aromatic rings. The lowest BCUT2D eigenvalue weighted by molar-refractivity contribution is 0.101. The Bertz CT molecular complexity index is 1360. The Hall–Kier alpha value is -3.97. The maximum Gasteiger partial charge on any atom is 0.292 e. The van der Waals surface area contributed by atoms with Crippen LogP contribution in [0.5, 0.6) is 0 Å². The van der Waals surface area contributed by atoms with Crippen LogP contribution in [0.1, 0.15) is 10.6 Å². The summed E-state index contributed by atoms with van der Waals surface area (Å²) in [4.78, 5) is 25.4. The highest BCUT2D eigenvalue weighted by Crippen LogP contribution is 2.24. The number of nitrogens with zero attached hydrogens (tertiary/aromatic N) is 3. The fourth-order valence-electron chi connectivity index (χ4n) is 3.25. The van der Waals surface area contributed by atoms with E-state index in [-0.39, 0.29) is 11.6 Å². The van der Waals surface area contributed by atoms with Crippen LogP contribution in [0.2, 0.25) is 5.02 Å². The normalized spacial score (nSPS) is 11.0. The molecule has 0 aliphatic carbocycles. The highest BCUT2D eigenvalue weighted by molar-refractivity contribution is 6.30. The van der Waals surface area contributed by atoms with E-state index in [9.17, 15) is 9.18 Å². The summed E-state index contributed by atoms with van der Waals surface area (Å²) >= 11 is 6.02. The number of para-hydroxylation sites is 2. The van der Waals surface area contributed by atoms with E-state index in [1.165, 1.54) is 24.3 Å². The molecule has 6 nitrogen and oxygen atoms in total. The molecule has 0 radical (unpaired) electrons. The predicted octanol–water partition coefficient (Wildman–Crippen LogP) is 5.46. The number of hydrogen-bond acceptors (Lipinski definition) is 3. The van der Waals surface area contributed by atoms with Crippen molar-refractivity contribution in [1.29, 1.82) is 0 Å². The van der Waals surface area contributed by atoms with Crippen LogP contribution in [-0.2, 0) is 0 Å². The Kier molecular flexibility index (Phi) is 4.72. The molecule has 3 aromatic carbocycles. The Balaban J connectivity index is 1.58. The highest BCUT2D eigenvalue weighted by atomic mass is 35.5. The van der Waals surface area contributed by atoms with Gasteiger partial charge in [-0.3, -0.25) is 9.36 Å². The van der Waals surface area contributed by atoms with Gasteiger partial charge in [0.05, 0.1) is 11.0 Å². The Morgan fingerprint density at radius 3 is 2.45 bits per heavy atom. The fourth-order valence-corrected chi connectivity index (χ4v) is 3.37. The quantitative estimate of drug-likeness (QED) is 0.396. The summed E-state index contributed by atoms with van der Waals surface area (Å²) in [6, 6.07) is 20.2. The van der Waals surface area contributed by atoms with Crippen LogP contribution in [-0.4, -0.2) is 25.4 Å². The van der Waals surface area contributed by atoms with Crippen molar-refractivity contribution in [3.63, 3.8) is 0 Å². The predicted molar refractivity (Wildman–Crippen MR) is 118 cm³/mol. The Morgan fingerprint density at radius 2 is 1.71 bits per heavy atom. The third-order valence-electron chi connectivity index (χ3n) is 4.75. The van der Waals surface area contributed by atoms with Gasteiger partial charge in [0.15, 0.2) is 5.82 Å². The smallest absolute Gasteiger partial charge is 0.292 e. The number of carbonyl (C=O) groups is 1. The van der Waals surface area contributed by atoms with Gasteiger partial charge in [-0.2, -0.15) is 0 Å². The maximum absolute atomic E-state index is 13.2. The number of hydrogen-bond donors (Lipinski definition) is 2. The SMILES string of the molecule is O=C(Nc1ccc(F)cc1)c1nc(-c2nc3ccccc3[nH]2)cn1-c1ccc(Cl)cc1. The minimum atomic E-state index is -0.441. The molecule has 5 rings (SSSR count). The van der Waals surface area contributed by atoms with Crippen LogP contribution >= 0.6 is 11.6 Å². The molecule has 0 aliphatic heterocycles. The van der Waals surface area contributed by atoms with Gasteiger partial charge in [0.2, 0.25) is 5.82 Å². The first kappa shape index (κ1) is 19.0. The number of anilines is 1. The second-order valence-corrected chi connectivity index (χ2v) is 7.30. The molecule has 1 amide bonds. The fraction of sp³-hybridized carbons (Fsp3) is 0. The first-order valence-electron chi connectivity index (χ1n) is 9.44. The molecule has 0 fully saturated rings. The molecule has 2 heterocycles. The van der Waals surface area contributed by atoms with Crippen LogP contribution in [0.15, 0.2) is 79.0 Å². The molecule has 0 bridgehead atoms. The zero-order chi connectivity index (χ0) is 21.4. The summed E-state index contributed by atoms with van der Waals surface area (Å²) < 4.78 is 14.9. The molecule has 152 valence electrons. The maximum atomic E-state index is 13.2. The van der Waals surface area contributed by atoms with E-state index in [1.54, 1.807) is 35.0 Å². The molecule has 2 aromatic heterocycles. The number of aromatic amines is 1. The number of imidazole rings is 2. The van der Waals surface area contributed by atoms with Crippen molar-refractivity contribution in [1.82, 2.24) is 19.5 Å². The molecule has 0 saturated carbocycles. The van der Waals surface area contributed by atoms with E-state index < -0.39 is 5.91 Å². The van der Waals surface area contributed by atoms with Gasteiger partial charge in [-0.1, -0.05) is 23.7 Å². The third kappa shape index (κ3) is 3.78. The Morgan fingerprint density at radius 1 is 0.968 bits per heavy atom. The van der Waals surface area contributed by atoms with Gasteiger partial charge in [-0.15, -0.1) is 0 Å². The molecule has 0 atom stereocenters. The first-order chi connectivity index (χ1) is 15.1. The average molecular weight is 432 g/mol. The van der Waals surface area contributed by atoms with Crippen LogP contribution in [0, 0.1) is 5.82 Å². The number of amides is 1. The number of carbonyl (C=O) groups excluding carboxylic acids is 1. The summed E-state index contributed by atoms with van der Waals surface area (Å²) in [5, 5.41) is 3.33. The minimum Gasteiger partial charge on any atom is -0.337 e. The number of fused-ring (bicyclic) bond motifs is 1. The molecule has 0 unspecified atom stereocenters. The number of rotatable bonds is 4. The van der Waals surface area contributed by atoms with Gasteiger partial charge in [0.25, 0.3) is 5.91 Å². The van der Waals surface area contributed by atoms with Gasteiger partial charge in [0.1, 0.15) is 11.5 Å². The van der Waals surface area contributed by atoms with Gasteiger partial charge >= 0.3 is 0 Å². The average Bonchev–Trinajstić information content (AvgIpc) is 3.40. The lowest BCUT2D eigenvalue weighted by Gasteiger charge is -2.08. The number of benzene rings is 3.